The Balaban J connectivity index is 2.37. The van der Waals surface area contributed by atoms with Gasteiger partial charge in [0.05, 0.1) is 24.2 Å². The Labute approximate surface area is 146 Å². The van der Waals surface area contributed by atoms with Crippen LogP contribution in [-0.4, -0.2) is 70.3 Å². The van der Waals surface area contributed by atoms with E-state index in [0.29, 0.717) is 25.9 Å². The molecule has 4 atom stereocenters. The average Bonchev–Trinajstić information content (AvgIpc) is 2.72. The van der Waals surface area contributed by atoms with Gasteiger partial charge >= 0.3 is 5.97 Å². The number of nitrogens with zero attached hydrogens (tertiary/aromatic N) is 2. The van der Waals surface area contributed by atoms with Crippen LogP contribution in [0.1, 0.15) is 32.6 Å². The van der Waals surface area contributed by atoms with Crippen LogP contribution >= 0.6 is 0 Å². The second kappa shape index (κ2) is 8.30. The molecule has 9 heteroatoms. The van der Waals surface area contributed by atoms with Crippen molar-refractivity contribution in [3.05, 3.63) is 11.6 Å². The van der Waals surface area contributed by atoms with E-state index in [4.69, 9.17) is 11.5 Å². The van der Waals surface area contributed by atoms with Crippen LogP contribution in [0.25, 0.3) is 0 Å². The second-order valence-corrected chi connectivity index (χ2v) is 6.66. The van der Waals surface area contributed by atoms with Gasteiger partial charge in [-0.3, -0.25) is 9.69 Å². The van der Waals surface area contributed by atoms with Crippen molar-refractivity contribution >= 4 is 17.8 Å². The van der Waals surface area contributed by atoms with E-state index < -0.39 is 18.1 Å². The summed E-state index contributed by atoms with van der Waals surface area (Å²) >= 11 is 0. The molecule has 7 N–H and O–H groups in total. The Kier molecular flexibility index (Phi) is 6.38. The number of carboxylic acid groups (broad SMARTS) is 1. The van der Waals surface area contributed by atoms with Gasteiger partial charge in [-0.15, -0.1) is 0 Å². The van der Waals surface area contributed by atoms with Crippen molar-refractivity contribution < 1.29 is 19.8 Å². The predicted octanol–water partition coefficient (Wildman–Crippen LogP) is -1.24. The summed E-state index contributed by atoms with van der Waals surface area (Å²) in [6.45, 7) is 2.72. The average molecular weight is 353 g/mol. The lowest BCUT2D eigenvalue weighted by Gasteiger charge is -2.40. The van der Waals surface area contributed by atoms with Crippen molar-refractivity contribution in [2.75, 3.05) is 13.1 Å². The van der Waals surface area contributed by atoms with E-state index in [0.717, 1.165) is 6.42 Å². The number of hydrogen-bond acceptors (Lipinski definition) is 5. The molecule has 1 fully saturated rings. The smallest absolute Gasteiger partial charge is 0.331 e. The van der Waals surface area contributed by atoms with Gasteiger partial charge < -0.3 is 27.0 Å². The molecule has 1 amide bonds. The third-order valence-electron chi connectivity index (χ3n) is 4.70. The number of aliphatic hydroxyl groups is 1. The maximum Gasteiger partial charge on any atom is 0.331 e. The third kappa shape index (κ3) is 5.17. The summed E-state index contributed by atoms with van der Waals surface area (Å²) in [7, 11) is 0. The molecule has 9 nitrogen and oxygen atoms in total. The monoisotopic (exact) mass is 353 g/mol. The van der Waals surface area contributed by atoms with Crippen molar-refractivity contribution in [3.8, 4) is 0 Å². The summed E-state index contributed by atoms with van der Waals surface area (Å²) in [6.07, 6.45) is 3.58. The zero-order valence-electron chi connectivity index (χ0n) is 14.4. The normalized spacial score (nSPS) is 30.7. The third-order valence-corrected chi connectivity index (χ3v) is 4.70. The van der Waals surface area contributed by atoms with Crippen molar-refractivity contribution in [2.45, 2.75) is 56.8 Å². The maximum atomic E-state index is 11.7. The molecule has 0 radical (unpaired) electrons. The van der Waals surface area contributed by atoms with Gasteiger partial charge in [-0.05, 0) is 25.8 Å². The Morgan fingerprint density at radius 2 is 2.04 bits per heavy atom. The highest BCUT2D eigenvalue weighted by Gasteiger charge is 2.39. The molecule has 0 aromatic heterocycles. The van der Waals surface area contributed by atoms with E-state index in [9.17, 15) is 19.8 Å². The molecular formula is C16H27N5O4. The van der Waals surface area contributed by atoms with Gasteiger partial charge in [0.25, 0.3) is 0 Å². The fourth-order valence-corrected chi connectivity index (χ4v) is 3.58. The first-order valence-corrected chi connectivity index (χ1v) is 8.50. The van der Waals surface area contributed by atoms with E-state index in [1.54, 1.807) is 6.08 Å². The Morgan fingerprint density at radius 3 is 2.64 bits per heavy atom. The Bertz CT molecular complexity index is 573. The van der Waals surface area contributed by atoms with Crippen molar-refractivity contribution in [3.63, 3.8) is 0 Å². The molecule has 0 aromatic rings. The Morgan fingerprint density at radius 1 is 1.32 bits per heavy atom. The van der Waals surface area contributed by atoms with Crippen LogP contribution in [0.5, 0.6) is 0 Å². The molecule has 2 rings (SSSR count). The number of rotatable bonds is 4. The first kappa shape index (κ1) is 19.2. The lowest BCUT2D eigenvalue weighted by molar-refractivity contribution is -0.133. The molecule has 1 aliphatic carbocycles. The number of aliphatic hydroxyl groups excluding tert-OH is 1. The van der Waals surface area contributed by atoms with Crippen LogP contribution in [0.2, 0.25) is 0 Å². The zero-order chi connectivity index (χ0) is 18.6. The first-order chi connectivity index (χ1) is 11.8. The van der Waals surface area contributed by atoms with Gasteiger partial charge in [-0.1, -0.05) is 6.08 Å². The highest BCUT2D eigenvalue weighted by Crippen LogP contribution is 2.27. The van der Waals surface area contributed by atoms with Crippen LogP contribution in [0, 0.1) is 0 Å². The van der Waals surface area contributed by atoms with Crippen molar-refractivity contribution in [2.24, 2.45) is 16.5 Å². The molecule has 1 aliphatic heterocycles. The van der Waals surface area contributed by atoms with E-state index in [2.05, 4.69) is 15.2 Å². The summed E-state index contributed by atoms with van der Waals surface area (Å²) in [4.78, 5) is 29.5. The van der Waals surface area contributed by atoms with Crippen LogP contribution in [0.3, 0.4) is 0 Å². The number of carbonyl (C=O) groups is 2. The molecule has 0 bridgehead atoms. The number of carboxylic acids is 1. The number of aliphatic carboxylic acids is 1. The van der Waals surface area contributed by atoms with E-state index in [1.807, 2.05) is 0 Å². The first-order valence-electron chi connectivity index (χ1n) is 8.50. The number of amides is 1. The molecule has 0 spiro atoms. The lowest BCUT2D eigenvalue weighted by atomic mass is 9.85. The van der Waals surface area contributed by atoms with Crippen LogP contribution in [0.15, 0.2) is 16.6 Å². The molecule has 25 heavy (non-hydrogen) atoms. The number of carbonyl (C=O) groups excluding carboxylic acids is 1. The molecule has 2 aliphatic rings. The zero-order valence-corrected chi connectivity index (χ0v) is 14.4. The fourth-order valence-electron chi connectivity index (χ4n) is 3.58. The van der Waals surface area contributed by atoms with Crippen LogP contribution in [-0.2, 0) is 9.59 Å². The second-order valence-electron chi connectivity index (χ2n) is 6.66. The minimum Gasteiger partial charge on any atom is -0.478 e. The predicted molar refractivity (Wildman–Crippen MR) is 92.8 cm³/mol. The fraction of sp³-hybridized carbons (Fsp3) is 0.688. The summed E-state index contributed by atoms with van der Waals surface area (Å²) in [5.74, 6) is -1.39. The number of likely N-dealkylation sites (tertiary alicyclic amines) is 1. The molecule has 0 saturated carbocycles. The largest absolute Gasteiger partial charge is 0.478 e. The van der Waals surface area contributed by atoms with Gasteiger partial charge in [0.1, 0.15) is 0 Å². The summed E-state index contributed by atoms with van der Waals surface area (Å²) in [6, 6.07) is -1.33. The molecule has 1 saturated heterocycles. The van der Waals surface area contributed by atoms with Gasteiger partial charge in [0, 0.05) is 25.5 Å². The van der Waals surface area contributed by atoms with E-state index >= 15 is 0 Å². The SMILES string of the molecule is CC(=O)N[C@@H]1[C@@H](N=C(N)N)CC(C(=O)O)=C[C@H]1N1CCCC(O)CC1. The number of aliphatic imine (C=N–C) groups is 1. The summed E-state index contributed by atoms with van der Waals surface area (Å²) < 4.78 is 0. The molecule has 0 aromatic carbocycles. The summed E-state index contributed by atoms with van der Waals surface area (Å²) in [5, 5.41) is 22.2. The van der Waals surface area contributed by atoms with Crippen LogP contribution < -0.4 is 16.8 Å². The highest BCUT2D eigenvalue weighted by atomic mass is 16.4. The number of nitrogens with one attached hydrogen (secondary N) is 1. The van der Waals surface area contributed by atoms with Gasteiger partial charge in [-0.25, -0.2) is 9.79 Å². The lowest BCUT2D eigenvalue weighted by Crippen LogP contribution is -2.58. The number of guanidine groups is 1. The van der Waals surface area contributed by atoms with Gasteiger partial charge in [0.15, 0.2) is 5.96 Å². The van der Waals surface area contributed by atoms with Crippen molar-refractivity contribution in [1.82, 2.24) is 10.2 Å². The van der Waals surface area contributed by atoms with Crippen molar-refractivity contribution in [1.29, 1.82) is 0 Å². The molecule has 140 valence electrons. The standard InChI is InChI=1S/C16H27N5O4/c1-9(22)19-14-12(20-16(17)18)7-10(15(24)25)8-13(14)21-5-2-3-11(23)4-6-21/h8,11-14,23H,2-7H2,1H3,(H,19,22)(H,24,25)(H4,17,18,20)/t11?,12-,13+,14+/m0/s1. The van der Waals surface area contributed by atoms with Crippen LogP contribution in [0.4, 0.5) is 0 Å². The van der Waals surface area contributed by atoms with Gasteiger partial charge in [-0.2, -0.15) is 0 Å². The minimum absolute atomic E-state index is 0.142. The topological polar surface area (TPSA) is 154 Å². The number of nitrogens with two attached hydrogens (primary N) is 2. The van der Waals surface area contributed by atoms with Gasteiger partial charge in [0.2, 0.25) is 5.91 Å². The molecular weight excluding hydrogens is 326 g/mol. The van der Waals surface area contributed by atoms with E-state index in [-0.39, 0.29) is 36.0 Å². The quantitative estimate of drug-likeness (QED) is 0.313. The number of hydrogen-bond donors (Lipinski definition) is 5. The highest BCUT2D eigenvalue weighted by molar-refractivity contribution is 5.87. The summed E-state index contributed by atoms with van der Waals surface area (Å²) in [5.41, 5.74) is 11.2. The molecule has 1 heterocycles. The van der Waals surface area contributed by atoms with E-state index in [1.165, 1.54) is 6.92 Å². The molecule has 1 unspecified atom stereocenters. The minimum atomic E-state index is -1.02. The Hall–Kier alpha value is -2.13. The maximum absolute atomic E-state index is 11.7.